The molecule has 0 bridgehead atoms. The van der Waals surface area contributed by atoms with Gasteiger partial charge in [0.2, 0.25) is 0 Å². The average molecular weight is 896 g/mol. The molecule has 70 heavy (non-hydrogen) atoms. The summed E-state index contributed by atoms with van der Waals surface area (Å²) in [4.78, 5) is 2.40. The van der Waals surface area contributed by atoms with Crippen LogP contribution in [-0.2, 0) is 10.8 Å². The summed E-state index contributed by atoms with van der Waals surface area (Å²) in [6.07, 6.45) is 0. The van der Waals surface area contributed by atoms with Crippen LogP contribution in [0.25, 0.3) is 67.2 Å². The van der Waals surface area contributed by atoms with Crippen LogP contribution in [0.5, 0.6) is 0 Å². The molecule has 2 heteroatoms. The highest BCUT2D eigenvalue weighted by Crippen LogP contribution is 2.63. The van der Waals surface area contributed by atoms with Gasteiger partial charge in [-0.05, 0) is 115 Å². The van der Waals surface area contributed by atoms with E-state index in [1.807, 2.05) is 0 Å². The lowest BCUT2D eigenvalue weighted by molar-refractivity contribution is 0.587. The molecule has 11 aromatic rings. The maximum absolute atomic E-state index is 7.59. The third-order valence-electron chi connectivity index (χ3n) is 15.0. The largest absolute Gasteiger partial charge is 0.455 e. The van der Waals surface area contributed by atoms with Gasteiger partial charge >= 0.3 is 0 Å². The first-order chi connectivity index (χ1) is 34.5. The van der Waals surface area contributed by atoms with Crippen LogP contribution in [0, 0.1) is 0 Å². The molecule has 10 aromatic carbocycles. The number of anilines is 3. The molecule has 2 aliphatic carbocycles. The topological polar surface area (TPSA) is 16.4 Å². The van der Waals surface area contributed by atoms with Gasteiger partial charge in [0, 0.05) is 44.7 Å². The van der Waals surface area contributed by atoms with Gasteiger partial charge in [0.25, 0.3) is 0 Å². The van der Waals surface area contributed by atoms with Gasteiger partial charge in [0.05, 0.1) is 5.41 Å². The molecule has 0 amide bonds. The second kappa shape index (κ2) is 16.5. The van der Waals surface area contributed by atoms with Crippen molar-refractivity contribution in [3.05, 3.63) is 294 Å². The van der Waals surface area contributed by atoms with Crippen LogP contribution >= 0.6 is 0 Å². The van der Waals surface area contributed by atoms with Crippen LogP contribution in [0.4, 0.5) is 17.1 Å². The average Bonchev–Trinajstić information content (AvgIpc) is 4.05. The van der Waals surface area contributed by atoms with E-state index in [0.29, 0.717) is 0 Å². The number of rotatable bonds is 9. The predicted molar refractivity (Wildman–Crippen MR) is 290 cm³/mol. The summed E-state index contributed by atoms with van der Waals surface area (Å²) in [7, 11) is 0. The fourth-order valence-electron chi connectivity index (χ4n) is 11.8. The molecule has 0 atom stereocenters. The molecular weight excluding hydrogens is 847 g/mol. The Bertz CT molecular complexity index is 3660. The van der Waals surface area contributed by atoms with Crippen molar-refractivity contribution < 1.29 is 4.42 Å². The van der Waals surface area contributed by atoms with E-state index in [1.165, 1.54) is 55.6 Å². The van der Waals surface area contributed by atoms with E-state index in [2.05, 4.69) is 280 Å². The number of furan rings is 1. The minimum atomic E-state index is -0.673. The van der Waals surface area contributed by atoms with E-state index in [4.69, 9.17) is 4.42 Å². The Kier molecular flexibility index (Phi) is 9.78. The number of hydrogen-bond acceptors (Lipinski definition) is 2. The normalized spacial score (nSPS) is 13.5. The zero-order valence-corrected chi connectivity index (χ0v) is 39.2. The summed E-state index contributed by atoms with van der Waals surface area (Å²) < 4.78 is 7.59. The smallest absolute Gasteiger partial charge is 0.143 e. The molecule has 0 N–H and O–H groups in total. The highest BCUT2D eigenvalue weighted by molar-refractivity contribution is 6.00. The lowest BCUT2D eigenvalue weighted by Crippen LogP contribution is -2.28. The molecule has 0 spiro atoms. The lowest BCUT2D eigenvalue weighted by atomic mass is 9.67. The van der Waals surface area contributed by atoms with Gasteiger partial charge in [-0.1, -0.05) is 226 Å². The van der Waals surface area contributed by atoms with Gasteiger partial charge < -0.3 is 9.32 Å². The zero-order chi connectivity index (χ0) is 46.8. The van der Waals surface area contributed by atoms with Gasteiger partial charge in [-0.2, -0.15) is 0 Å². The molecule has 1 heterocycles. The summed E-state index contributed by atoms with van der Waals surface area (Å²) in [5.74, 6) is 1.73. The molecule has 0 fully saturated rings. The van der Waals surface area contributed by atoms with E-state index in [9.17, 15) is 0 Å². The first kappa shape index (κ1) is 41.5. The summed E-state index contributed by atoms with van der Waals surface area (Å²) in [5, 5.41) is 0. The van der Waals surface area contributed by atoms with E-state index < -0.39 is 5.41 Å². The van der Waals surface area contributed by atoms with Crippen LogP contribution in [0.1, 0.15) is 47.2 Å². The Morgan fingerprint density at radius 3 is 1.37 bits per heavy atom. The number of benzene rings is 10. The van der Waals surface area contributed by atoms with Crippen LogP contribution in [0.2, 0.25) is 0 Å². The van der Waals surface area contributed by atoms with Gasteiger partial charge in [-0.15, -0.1) is 0 Å². The number of fused-ring (bicyclic) bond motifs is 6. The fraction of sp³-hybridized carbons (Fsp3) is 0.0588. The molecule has 332 valence electrons. The highest BCUT2D eigenvalue weighted by atomic mass is 16.3. The van der Waals surface area contributed by atoms with E-state index in [0.717, 1.165) is 62.0 Å². The Balaban J connectivity index is 1.03. The fourth-order valence-corrected chi connectivity index (χ4v) is 11.8. The quantitative estimate of drug-likeness (QED) is 0.144. The lowest BCUT2D eigenvalue weighted by Gasteiger charge is -2.33. The molecule has 2 aliphatic rings. The zero-order valence-electron chi connectivity index (χ0n) is 39.2. The predicted octanol–water partition coefficient (Wildman–Crippen LogP) is 18.1. The monoisotopic (exact) mass is 895 g/mol. The standard InChI is InChI=1S/C68H49NO/c1-67(2)60-33-19-17-30-56(60)57-44-43-54(45-62(57)67)69(52-39-35-47(36-40-52)46-21-7-3-8-22-46)53-41-37-49(38-42-53)65-64-63(66(70-65)58-31-16-15-29-55(58)48-23-9-4-10-24-48)59-32-18-20-34-61(59)68(64,50-25-11-5-12-26-50)51-27-13-6-14-28-51/h3-45H,1-2H3. The van der Waals surface area contributed by atoms with Crippen molar-refractivity contribution >= 4 is 17.1 Å². The van der Waals surface area contributed by atoms with Crippen LogP contribution in [0.15, 0.2) is 265 Å². The van der Waals surface area contributed by atoms with Gasteiger partial charge in [-0.3, -0.25) is 0 Å². The second-order valence-corrected chi connectivity index (χ2v) is 19.1. The first-order valence-corrected chi connectivity index (χ1v) is 24.3. The van der Waals surface area contributed by atoms with E-state index in [1.54, 1.807) is 0 Å². The summed E-state index contributed by atoms with van der Waals surface area (Å²) >= 11 is 0. The van der Waals surface area contributed by atoms with Gasteiger partial charge in [-0.25, -0.2) is 0 Å². The van der Waals surface area contributed by atoms with Gasteiger partial charge in [0.15, 0.2) is 0 Å². The van der Waals surface area contributed by atoms with Gasteiger partial charge in [0.1, 0.15) is 11.5 Å². The Hall–Kier alpha value is -8.72. The van der Waals surface area contributed by atoms with Crippen LogP contribution in [0.3, 0.4) is 0 Å². The minimum Gasteiger partial charge on any atom is -0.455 e. The van der Waals surface area contributed by atoms with Crippen LogP contribution < -0.4 is 4.90 Å². The Labute approximate surface area is 410 Å². The summed E-state index contributed by atoms with van der Waals surface area (Å²) in [5.41, 5.74) is 21.6. The van der Waals surface area contributed by atoms with Crippen molar-refractivity contribution in [2.45, 2.75) is 24.7 Å². The summed E-state index contributed by atoms with van der Waals surface area (Å²) in [6.45, 7) is 4.71. The SMILES string of the molecule is CC1(C)c2ccccc2-c2ccc(N(c3ccc(-c4ccccc4)cc3)c3ccc(-c4oc(-c5ccccc5-c5ccccc5)c5c4C(c4ccccc4)(c4ccccc4)c4ccccc4-5)cc3)cc21. The van der Waals surface area contributed by atoms with Crippen molar-refractivity contribution in [1.82, 2.24) is 0 Å². The highest BCUT2D eigenvalue weighted by Gasteiger charge is 2.51. The maximum Gasteiger partial charge on any atom is 0.143 e. The molecule has 0 unspecified atom stereocenters. The molecule has 2 nitrogen and oxygen atoms in total. The molecule has 1 aromatic heterocycles. The summed E-state index contributed by atoms with van der Waals surface area (Å²) in [6, 6.07) is 95.0. The van der Waals surface area contributed by atoms with Crippen molar-refractivity contribution in [2.24, 2.45) is 0 Å². The molecule has 13 rings (SSSR count). The van der Waals surface area contributed by atoms with Crippen molar-refractivity contribution in [1.29, 1.82) is 0 Å². The van der Waals surface area contributed by atoms with Crippen molar-refractivity contribution in [3.8, 4) is 67.2 Å². The molecule has 0 saturated heterocycles. The molecule has 0 radical (unpaired) electrons. The maximum atomic E-state index is 7.59. The third kappa shape index (κ3) is 6.41. The Morgan fingerprint density at radius 1 is 0.314 bits per heavy atom. The Morgan fingerprint density at radius 2 is 0.757 bits per heavy atom. The molecular formula is C68H49NO. The number of hydrogen-bond donors (Lipinski definition) is 0. The van der Waals surface area contributed by atoms with E-state index in [-0.39, 0.29) is 5.41 Å². The first-order valence-electron chi connectivity index (χ1n) is 24.3. The van der Waals surface area contributed by atoms with Crippen molar-refractivity contribution in [3.63, 3.8) is 0 Å². The van der Waals surface area contributed by atoms with Crippen LogP contribution in [-0.4, -0.2) is 0 Å². The molecule has 0 aliphatic heterocycles. The van der Waals surface area contributed by atoms with E-state index >= 15 is 0 Å². The third-order valence-corrected chi connectivity index (χ3v) is 15.0. The number of nitrogens with zero attached hydrogens (tertiary/aromatic N) is 1. The van der Waals surface area contributed by atoms with Crippen molar-refractivity contribution in [2.75, 3.05) is 4.90 Å². The minimum absolute atomic E-state index is 0.146. The second-order valence-electron chi connectivity index (χ2n) is 19.1. The molecule has 0 saturated carbocycles.